The Labute approximate surface area is 121 Å². The molecular formula is C17H26N2O. The minimum atomic E-state index is 0.287. The van der Waals surface area contributed by atoms with Crippen LogP contribution in [0.3, 0.4) is 0 Å². The number of Topliss-reactive ketones (excluding diaryl/α,β-unsaturated/α-hetero) is 1. The monoisotopic (exact) mass is 274 g/mol. The van der Waals surface area contributed by atoms with Crippen molar-refractivity contribution in [2.45, 2.75) is 70.8 Å². The van der Waals surface area contributed by atoms with E-state index in [1.165, 1.54) is 38.5 Å². The highest BCUT2D eigenvalue weighted by molar-refractivity contribution is 5.82. The molecule has 0 saturated heterocycles. The quantitative estimate of drug-likeness (QED) is 0.833. The van der Waals surface area contributed by atoms with E-state index in [2.05, 4.69) is 22.9 Å². The molecule has 2 atom stereocenters. The number of carbonyl (C=O) groups excluding carboxylic acids is 1. The molecule has 0 N–H and O–H groups in total. The van der Waals surface area contributed by atoms with Gasteiger partial charge in [-0.3, -0.25) is 9.48 Å². The average Bonchev–Trinajstić information content (AvgIpc) is 3.08. The van der Waals surface area contributed by atoms with Crippen LogP contribution in [0, 0.1) is 11.8 Å². The number of rotatable bonds is 4. The van der Waals surface area contributed by atoms with E-state index in [9.17, 15) is 4.79 Å². The van der Waals surface area contributed by atoms with E-state index in [-0.39, 0.29) is 5.92 Å². The zero-order chi connectivity index (χ0) is 13.9. The van der Waals surface area contributed by atoms with Crippen LogP contribution in [0.1, 0.15) is 70.0 Å². The minimum absolute atomic E-state index is 0.287. The van der Waals surface area contributed by atoms with Crippen LogP contribution in [-0.2, 0) is 11.2 Å². The summed E-state index contributed by atoms with van der Waals surface area (Å²) in [6, 6.07) is 2.62. The first-order valence-electron chi connectivity index (χ1n) is 8.29. The second-order valence-corrected chi connectivity index (χ2v) is 6.84. The summed E-state index contributed by atoms with van der Waals surface area (Å²) in [7, 11) is 0. The SMILES string of the molecule is CC1CCCC(C(=O)Cc2ccn(C3CCCC3)n2)C1. The van der Waals surface area contributed by atoms with Crippen molar-refractivity contribution in [1.82, 2.24) is 9.78 Å². The summed E-state index contributed by atoms with van der Waals surface area (Å²) in [6.07, 6.45) is 12.4. The Kier molecular flexibility index (Phi) is 4.23. The van der Waals surface area contributed by atoms with E-state index in [4.69, 9.17) is 0 Å². The summed E-state index contributed by atoms with van der Waals surface area (Å²) in [5.41, 5.74) is 0.972. The maximum absolute atomic E-state index is 12.4. The van der Waals surface area contributed by atoms with Crippen LogP contribution >= 0.6 is 0 Å². The number of carbonyl (C=O) groups is 1. The van der Waals surface area contributed by atoms with Crippen molar-refractivity contribution >= 4 is 5.78 Å². The van der Waals surface area contributed by atoms with Crippen LogP contribution in [0.15, 0.2) is 12.3 Å². The molecule has 110 valence electrons. The van der Waals surface area contributed by atoms with Crippen molar-refractivity contribution in [1.29, 1.82) is 0 Å². The molecule has 0 aliphatic heterocycles. The second kappa shape index (κ2) is 6.11. The van der Waals surface area contributed by atoms with Gasteiger partial charge in [-0.05, 0) is 37.7 Å². The first kappa shape index (κ1) is 13.8. The standard InChI is InChI=1S/C17H26N2O/c1-13-5-4-6-14(11-13)17(20)12-15-9-10-19(18-15)16-7-2-3-8-16/h9-10,13-14,16H,2-8,11-12H2,1H3. The summed E-state index contributed by atoms with van der Waals surface area (Å²) in [5.74, 6) is 1.41. The van der Waals surface area contributed by atoms with Gasteiger partial charge in [0, 0.05) is 12.1 Å². The highest BCUT2D eigenvalue weighted by atomic mass is 16.1. The van der Waals surface area contributed by atoms with E-state index in [1.54, 1.807) is 0 Å². The van der Waals surface area contributed by atoms with E-state index >= 15 is 0 Å². The van der Waals surface area contributed by atoms with Gasteiger partial charge in [-0.1, -0.05) is 32.6 Å². The highest BCUT2D eigenvalue weighted by Gasteiger charge is 2.25. The van der Waals surface area contributed by atoms with Gasteiger partial charge in [-0.15, -0.1) is 0 Å². The molecule has 20 heavy (non-hydrogen) atoms. The van der Waals surface area contributed by atoms with Crippen molar-refractivity contribution in [3.05, 3.63) is 18.0 Å². The zero-order valence-electron chi connectivity index (χ0n) is 12.6. The van der Waals surface area contributed by atoms with Gasteiger partial charge < -0.3 is 0 Å². The van der Waals surface area contributed by atoms with Gasteiger partial charge in [0.2, 0.25) is 0 Å². The number of ketones is 1. The van der Waals surface area contributed by atoms with Gasteiger partial charge in [0.25, 0.3) is 0 Å². The third-order valence-electron chi connectivity index (χ3n) is 5.11. The average molecular weight is 274 g/mol. The molecule has 2 aliphatic rings. The molecule has 0 amide bonds. The maximum atomic E-state index is 12.4. The van der Waals surface area contributed by atoms with Crippen molar-refractivity contribution < 1.29 is 4.79 Å². The lowest BCUT2D eigenvalue weighted by Gasteiger charge is -2.25. The molecule has 2 fully saturated rings. The Balaban J connectivity index is 1.58. The first-order chi connectivity index (χ1) is 9.72. The highest BCUT2D eigenvalue weighted by Crippen LogP contribution is 2.31. The van der Waals surface area contributed by atoms with E-state index in [0.717, 1.165) is 18.5 Å². The Hall–Kier alpha value is -1.12. The summed E-state index contributed by atoms with van der Waals surface area (Å²) in [4.78, 5) is 12.4. The van der Waals surface area contributed by atoms with Gasteiger partial charge in [0.15, 0.2) is 0 Å². The van der Waals surface area contributed by atoms with Crippen LogP contribution < -0.4 is 0 Å². The van der Waals surface area contributed by atoms with Crippen molar-refractivity contribution in [2.24, 2.45) is 11.8 Å². The number of hydrogen-bond donors (Lipinski definition) is 0. The van der Waals surface area contributed by atoms with Crippen LogP contribution in [0.2, 0.25) is 0 Å². The Morgan fingerprint density at radius 3 is 2.80 bits per heavy atom. The van der Waals surface area contributed by atoms with E-state index in [0.29, 0.717) is 24.2 Å². The van der Waals surface area contributed by atoms with E-state index < -0.39 is 0 Å². The van der Waals surface area contributed by atoms with Crippen LogP contribution in [0.25, 0.3) is 0 Å². The normalized spacial score (nSPS) is 27.9. The molecule has 1 aromatic heterocycles. The number of hydrogen-bond acceptors (Lipinski definition) is 2. The Bertz CT molecular complexity index is 459. The fraction of sp³-hybridized carbons (Fsp3) is 0.765. The first-order valence-corrected chi connectivity index (χ1v) is 8.29. The lowest BCUT2D eigenvalue weighted by atomic mass is 9.79. The molecule has 3 heteroatoms. The summed E-state index contributed by atoms with van der Waals surface area (Å²) >= 11 is 0. The Morgan fingerprint density at radius 1 is 1.25 bits per heavy atom. The van der Waals surface area contributed by atoms with Crippen molar-refractivity contribution in [2.75, 3.05) is 0 Å². The summed E-state index contributed by atoms with van der Waals surface area (Å²) in [5, 5.41) is 4.64. The number of nitrogens with zero attached hydrogens (tertiary/aromatic N) is 2. The lowest BCUT2D eigenvalue weighted by molar-refractivity contribution is -0.123. The fourth-order valence-electron chi connectivity index (χ4n) is 3.89. The van der Waals surface area contributed by atoms with Crippen LogP contribution in [-0.4, -0.2) is 15.6 Å². The molecule has 0 aromatic carbocycles. The summed E-state index contributed by atoms with van der Waals surface area (Å²) in [6.45, 7) is 2.27. The summed E-state index contributed by atoms with van der Waals surface area (Å²) < 4.78 is 2.10. The van der Waals surface area contributed by atoms with Crippen LogP contribution in [0.4, 0.5) is 0 Å². The largest absolute Gasteiger partial charge is 0.299 e. The molecular weight excluding hydrogens is 248 g/mol. The third-order valence-corrected chi connectivity index (χ3v) is 5.11. The molecule has 2 unspecified atom stereocenters. The Morgan fingerprint density at radius 2 is 2.05 bits per heavy atom. The molecule has 0 bridgehead atoms. The molecule has 0 radical (unpaired) electrons. The smallest absolute Gasteiger partial charge is 0.141 e. The topological polar surface area (TPSA) is 34.9 Å². The van der Waals surface area contributed by atoms with E-state index in [1.807, 2.05) is 6.07 Å². The van der Waals surface area contributed by atoms with Gasteiger partial charge in [-0.25, -0.2) is 0 Å². The molecule has 3 nitrogen and oxygen atoms in total. The van der Waals surface area contributed by atoms with Crippen LogP contribution in [0.5, 0.6) is 0 Å². The van der Waals surface area contributed by atoms with Gasteiger partial charge >= 0.3 is 0 Å². The minimum Gasteiger partial charge on any atom is -0.299 e. The molecule has 3 rings (SSSR count). The van der Waals surface area contributed by atoms with Crippen molar-refractivity contribution in [3.8, 4) is 0 Å². The molecule has 2 saturated carbocycles. The predicted molar refractivity (Wildman–Crippen MR) is 79.6 cm³/mol. The molecule has 2 aliphatic carbocycles. The van der Waals surface area contributed by atoms with Gasteiger partial charge in [-0.2, -0.15) is 5.10 Å². The van der Waals surface area contributed by atoms with Gasteiger partial charge in [0.05, 0.1) is 18.2 Å². The zero-order valence-corrected chi connectivity index (χ0v) is 12.6. The van der Waals surface area contributed by atoms with Gasteiger partial charge in [0.1, 0.15) is 5.78 Å². The second-order valence-electron chi connectivity index (χ2n) is 6.84. The van der Waals surface area contributed by atoms with Crippen molar-refractivity contribution in [3.63, 3.8) is 0 Å². The lowest BCUT2D eigenvalue weighted by Crippen LogP contribution is -2.23. The fourth-order valence-corrected chi connectivity index (χ4v) is 3.89. The molecule has 1 aromatic rings. The third kappa shape index (κ3) is 3.13. The number of aromatic nitrogens is 2. The predicted octanol–water partition coefficient (Wildman–Crippen LogP) is 3.94. The molecule has 1 heterocycles. The molecule has 0 spiro atoms. The maximum Gasteiger partial charge on any atom is 0.141 e.